The van der Waals surface area contributed by atoms with Gasteiger partial charge in [-0.3, -0.25) is 0 Å². The molecular formula is C18H22N4. The third-order valence-corrected chi connectivity index (χ3v) is 5.05. The van der Waals surface area contributed by atoms with E-state index in [2.05, 4.69) is 51.2 Å². The Morgan fingerprint density at radius 2 is 1.64 bits per heavy atom. The first-order valence-electron chi connectivity index (χ1n) is 8.20. The van der Waals surface area contributed by atoms with Crippen molar-refractivity contribution in [1.29, 1.82) is 0 Å². The van der Waals surface area contributed by atoms with Gasteiger partial charge in [-0.15, -0.1) is 10.2 Å². The molecule has 0 aliphatic carbocycles. The van der Waals surface area contributed by atoms with Crippen molar-refractivity contribution in [3.63, 3.8) is 0 Å². The summed E-state index contributed by atoms with van der Waals surface area (Å²) in [6.07, 6.45) is 0. The van der Waals surface area contributed by atoms with Crippen LogP contribution in [-0.4, -0.2) is 47.8 Å². The molecule has 0 saturated carbocycles. The monoisotopic (exact) mass is 294 g/mol. The number of benzene rings is 1. The molecule has 4 nitrogen and oxygen atoms in total. The van der Waals surface area contributed by atoms with Crippen LogP contribution in [0.15, 0.2) is 42.5 Å². The van der Waals surface area contributed by atoms with Crippen molar-refractivity contribution in [2.45, 2.75) is 6.92 Å². The average molecular weight is 294 g/mol. The maximum Gasteiger partial charge on any atom is 0.151 e. The number of hydrogen-bond acceptors (Lipinski definition) is 4. The molecule has 0 unspecified atom stereocenters. The highest BCUT2D eigenvalue weighted by Gasteiger charge is 2.39. The molecule has 3 heterocycles. The van der Waals surface area contributed by atoms with Crippen LogP contribution < -0.4 is 4.90 Å². The minimum absolute atomic E-state index is 0.801. The Morgan fingerprint density at radius 3 is 2.23 bits per heavy atom. The predicted molar refractivity (Wildman–Crippen MR) is 88.8 cm³/mol. The van der Waals surface area contributed by atoms with Crippen LogP contribution in [0, 0.1) is 11.8 Å². The van der Waals surface area contributed by atoms with E-state index in [9.17, 15) is 0 Å². The molecule has 2 aliphatic heterocycles. The molecule has 4 heteroatoms. The lowest BCUT2D eigenvalue weighted by Gasteiger charge is -2.21. The summed E-state index contributed by atoms with van der Waals surface area (Å²) in [5.41, 5.74) is 2.07. The Morgan fingerprint density at radius 1 is 0.909 bits per heavy atom. The van der Waals surface area contributed by atoms with E-state index in [1.807, 2.05) is 18.2 Å². The van der Waals surface area contributed by atoms with Gasteiger partial charge in [-0.1, -0.05) is 37.3 Å². The SMILES string of the molecule is CCN1C[C@@H]2CN(c3ccc(-c4ccccc4)nn3)C[C@@H]2C1. The minimum Gasteiger partial charge on any atom is -0.354 e. The van der Waals surface area contributed by atoms with Crippen molar-refractivity contribution in [3.8, 4) is 11.3 Å². The van der Waals surface area contributed by atoms with Gasteiger partial charge in [-0.05, 0) is 30.5 Å². The summed E-state index contributed by atoms with van der Waals surface area (Å²) in [4.78, 5) is 4.97. The van der Waals surface area contributed by atoms with Crippen LogP contribution in [0.5, 0.6) is 0 Å². The number of fused-ring (bicyclic) bond motifs is 1. The van der Waals surface area contributed by atoms with Gasteiger partial charge in [0.05, 0.1) is 5.69 Å². The molecule has 0 N–H and O–H groups in total. The van der Waals surface area contributed by atoms with Crippen molar-refractivity contribution in [3.05, 3.63) is 42.5 Å². The van der Waals surface area contributed by atoms with Crippen LogP contribution in [0.4, 0.5) is 5.82 Å². The molecule has 4 rings (SSSR count). The molecule has 0 amide bonds. The summed E-state index contributed by atoms with van der Waals surface area (Å²) in [6, 6.07) is 14.4. The Bertz CT molecular complexity index is 611. The third kappa shape index (κ3) is 2.48. The zero-order chi connectivity index (χ0) is 14.9. The van der Waals surface area contributed by atoms with E-state index in [1.54, 1.807) is 0 Å². The molecule has 2 fully saturated rings. The van der Waals surface area contributed by atoms with Gasteiger partial charge in [0.25, 0.3) is 0 Å². The fourth-order valence-corrected chi connectivity index (χ4v) is 3.79. The van der Waals surface area contributed by atoms with Crippen LogP contribution in [0.3, 0.4) is 0 Å². The second kappa shape index (κ2) is 5.69. The standard InChI is InChI=1S/C18H22N4/c1-2-21-10-15-12-22(13-16(15)11-21)18-9-8-17(19-20-18)14-6-4-3-5-7-14/h3-9,15-16H,2,10-13H2,1H3/t15-,16+. The van der Waals surface area contributed by atoms with Gasteiger partial charge in [0.1, 0.15) is 0 Å². The molecule has 2 aromatic rings. The van der Waals surface area contributed by atoms with Gasteiger partial charge in [0, 0.05) is 31.7 Å². The number of rotatable bonds is 3. The lowest BCUT2D eigenvalue weighted by atomic mass is 10.0. The molecule has 2 aliphatic rings. The predicted octanol–water partition coefficient (Wildman–Crippen LogP) is 2.53. The van der Waals surface area contributed by atoms with E-state index in [0.29, 0.717) is 0 Å². The summed E-state index contributed by atoms with van der Waals surface area (Å²) in [5.74, 6) is 2.63. The summed E-state index contributed by atoms with van der Waals surface area (Å²) >= 11 is 0. The van der Waals surface area contributed by atoms with Crippen LogP contribution >= 0.6 is 0 Å². The molecule has 0 spiro atoms. The summed E-state index contributed by atoms with van der Waals surface area (Å²) in [7, 11) is 0. The highest BCUT2D eigenvalue weighted by Crippen LogP contribution is 2.33. The molecule has 22 heavy (non-hydrogen) atoms. The van der Waals surface area contributed by atoms with Crippen molar-refractivity contribution >= 4 is 5.82 Å². The Labute approximate surface area is 131 Å². The summed E-state index contributed by atoms with van der Waals surface area (Å²) in [5, 5.41) is 8.88. The second-order valence-electron chi connectivity index (χ2n) is 6.42. The van der Waals surface area contributed by atoms with Crippen LogP contribution in [-0.2, 0) is 0 Å². The van der Waals surface area contributed by atoms with Crippen molar-refractivity contribution in [2.75, 3.05) is 37.6 Å². The van der Waals surface area contributed by atoms with E-state index in [1.165, 1.54) is 19.6 Å². The fraction of sp³-hybridized carbons (Fsp3) is 0.444. The van der Waals surface area contributed by atoms with Gasteiger partial charge < -0.3 is 9.80 Å². The molecule has 1 aromatic heterocycles. The fourth-order valence-electron chi connectivity index (χ4n) is 3.79. The topological polar surface area (TPSA) is 32.3 Å². The maximum absolute atomic E-state index is 4.47. The zero-order valence-electron chi connectivity index (χ0n) is 13.0. The van der Waals surface area contributed by atoms with Gasteiger partial charge in [0.15, 0.2) is 5.82 Å². The molecule has 0 bridgehead atoms. The summed E-state index contributed by atoms with van der Waals surface area (Å²) < 4.78 is 0. The normalized spacial score (nSPS) is 24.7. The molecule has 1 aromatic carbocycles. The average Bonchev–Trinajstić information content (AvgIpc) is 3.14. The lowest BCUT2D eigenvalue weighted by molar-refractivity contribution is 0.334. The molecule has 0 radical (unpaired) electrons. The van der Waals surface area contributed by atoms with Crippen molar-refractivity contribution in [2.24, 2.45) is 11.8 Å². The molecular weight excluding hydrogens is 272 g/mol. The van der Waals surface area contributed by atoms with Gasteiger partial charge in [-0.25, -0.2) is 0 Å². The van der Waals surface area contributed by atoms with Crippen LogP contribution in [0.25, 0.3) is 11.3 Å². The van der Waals surface area contributed by atoms with Gasteiger partial charge in [-0.2, -0.15) is 0 Å². The van der Waals surface area contributed by atoms with E-state index in [0.717, 1.165) is 42.0 Å². The van der Waals surface area contributed by atoms with E-state index < -0.39 is 0 Å². The minimum atomic E-state index is 0.801. The molecule has 2 saturated heterocycles. The lowest BCUT2D eigenvalue weighted by Crippen LogP contribution is -2.29. The third-order valence-electron chi connectivity index (χ3n) is 5.05. The largest absolute Gasteiger partial charge is 0.354 e. The Kier molecular flexibility index (Phi) is 3.54. The van der Waals surface area contributed by atoms with E-state index in [4.69, 9.17) is 0 Å². The molecule has 2 atom stereocenters. The summed E-state index contributed by atoms with van der Waals surface area (Å²) in [6.45, 7) is 8.17. The van der Waals surface area contributed by atoms with E-state index in [-0.39, 0.29) is 0 Å². The maximum atomic E-state index is 4.47. The van der Waals surface area contributed by atoms with Crippen LogP contribution in [0.2, 0.25) is 0 Å². The Balaban J connectivity index is 1.47. The number of nitrogens with zero attached hydrogens (tertiary/aromatic N) is 4. The number of anilines is 1. The van der Waals surface area contributed by atoms with Crippen molar-refractivity contribution in [1.82, 2.24) is 15.1 Å². The highest BCUT2D eigenvalue weighted by molar-refractivity contribution is 5.59. The second-order valence-corrected chi connectivity index (χ2v) is 6.42. The first kappa shape index (κ1) is 13.7. The number of likely N-dealkylation sites (tertiary alicyclic amines) is 1. The van der Waals surface area contributed by atoms with Gasteiger partial charge >= 0.3 is 0 Å². The smallest absolute Gasteiger partial charge is 0.151 e. The first-order valence-corrected chi connectivity index (χ1v) is 8.20. The van der Waals surface area contributed by atoms with Crippen molar-refractivity contribution < 1.29 is 0 Å². The van der Waals surface area contributed by atoms with E-state index >= 15 is 0 Å². The van der Waals surface area contributed by atoms with Crippen LogP contribution in [0.1, 0.15) is 6.92 Å². The Hall–Kier alpha value is -1.94. The quantitative estimate of drug-likeness (QED) is 0.871. The highest BCUT2D eigenvalue weighted by atomic mass is 15.3. The number of aromatic nitrogens is 2. The zero-order valence-corrected chi connectivity index (χ0v) is 13.0. The molecule has 114 valence electrons. The first-order chi connectivity index (χ1) is 10.8. The number of hydrogen-bond donors (Lipinski definition) is 0. The van der Waals surface area contributed by atoms with Gasteiger partial charge in [0.2, 0.25) is 0 Å².